The highest BCUT2D eigenvalue weighted by Crippen LogP contribution is 2.40. The Hall–Kier alpha value is -2.29. The first kappa shape index (κ1) is 15.6. The van der Waals surface area contributed by atoms with E-state index in [0.717, 1.165) is 0 Å². The van der Waals surface area contributed by atoms with Gasteiger partial charge in [-0.1, -0.05) is 0 Å². The largest absolute Gasteiger partial charge is 0.477 e. The zero-order chi connectivity index (χ0) is 16.9. The minimum absolute atomic E-state index is 0.0295. The van der Waals surface area contributed by atoms with Crippen LogP contribution in [-0.2, 0) is 16.6 Å². The molecule has 1 aromatic rings. The highest BCUT2D eigenvalue weighted by atomic mass is 32.2. The number of nitrogens with one attached hydrogen (secondary N) is 1. The fraction of sp³-hybridized carbons (Fsp3) is 0.429. The predicted molar refractivity (Wildman–Crippen MR) is 82.6 cm³/mol. The van der Waals surface area contributed by atoms with Crippen LogP contribution in [-0.4, -0.2) is 54.7 Å². The van der Waals surface area contributed by atoms with Crippen LogP contribution >= 0.6 is 11.8 Å². The number of thioether (sulfide) groups is 1. The topological polar surface area (TPSA) is 105 Å². The van der Waals surface area contributed by atoms with E-state index in [4.69, 9.17) is 0 Å². The van der Waals surface area contributed by atoms with Crippen LogP contribution in [0.2, 0.25) is 0 Å². The molecule has 9 heteroatoms. The molecule has 1 aromatic heterocycles. The van der Waals surface area contributed by atoms with Crippen LogP contribution in [0.5, 0.6) is 0 Å². The third-order valence-corrected chi connectivity index (χ3v) is 5.33. The molecule has 23 heavy (non-hydrogen) atoms. The molecule has 2 aliphatic rings. The summed E-state index contributed by atoms with van der Waals surface area (Å²) in [6.07, 6.45) is 1.59. The number of fused-ring (bicyclic) bond motifs is 1. The number of carbonyl (C=O) groups is 3. The van der Waals surface area contributed by atoms with Gasteiger partial charge in [-0.2, -0.15) is 5.10 Å². The molecule has 2 aliphatic heterocycles. The first-order valence-electron chi connectivity index (χ1n) is 7.00. The Morgan fingerprint density at radius 2 is 2.13 bits per heavy atom. The van der Waals surface area contributed by atoms with Crippen molar-refractivity contribution in [3.63, 3.8) is 0 Å². The summed E-state index contributed by atoms with van der Waals surface area (Å²) >= 11 is 1.45. The van der Waals surface area contributed by atoms with Crippen molar-refractivity contribution in [1.29, 1.82) is 0 Å². The monoisotopic (exact) mass is 336 g/mol. The van der Waals surface area contributed by atoms with Crippen molar-refractivity contribution in [3.05, 3.63) is 28.7 Å². The number of aryl methyl sites for hydroxylation is 2. The predicted octanol–water partition coefficient (Wildman–Crippen LogP) is 0.101. The highest BCUT2D eigenvalue weighted by molar-refractivity contribution is 8.00. The van der Waals surface area contributed by atoms with Gasteiger partial charge in [0.1, 0.15) is 17.1 Å². The zero-order valence-electron chi connectivity index (χ0n) is 12.9. The van der Waals surface area contributed by atoms with Crippen LogP contribution in [0.1, 0.15) is 23.0 Å². The Kier molecular flexibility index (Phi) is 3.67. The van der Waals surface area contributed by atoms with Gasteiger partial charge in [0, 0.05) is 19.0 Å². The molecule has 1 saturated heterocycles. The van der Waals surface area contributed by atoms with Gasteiger partial charge in [0.15, 0.2) is 0 Å². The van der Waals surface area contributed by atoms with Crippen LogP contribution < -0.4 is 5.32 Å². The van der Waals surface area contributed by atoms with Gasteiger partial charge in [0.25, 0.3) is 11.8 Å². The van der Waals surface area contributed by atoms with E-state index >= 15 is 0 Å². The second kappa shape index (κ2) is 5.41. The van der Waals surface area contributed by atoms with Crippen molar-refractivity contribution < 1.29 is 19.5 Å². The lowest BCUT2D eigenvalue weighted by Gasteiger charge is -2.49. The van der Waals surface area contributed by atoms with E-state index in [-0.39, 0.29) is 17.0 Å². The summed E-state index contributed by atoms with van der Waals surface area (Å²) in [7, 11) is 1.71. The number of β-lactam (4-membered cyclic amide) rings is 1. The van der Waals surface area contributed by atoms with Crippen LogP contribution in [0, 0.1) is 6.92 Å². The summed E-state index contributed by atoms with van der Waals surface area (Å²) in [6.45, 7) is 3.42. The zero-order valence-corrected chi connectivity index (χ0v) is 13.7. The molecular weight excluding hydrogens is 320 g/mol. The molecule has 0 aromatic carbocycles. The fourth-order valence-electron chi connectivity index (χ4n) is 2.82. The molecule has 8 nitrogen and oxygen atoms in total. The average Bonchev–Trinajstić information content (AvgIpc) is 2.82. The minimum atomic E-state index is -1.12. The number of rotatable bonds is 3. The molecule has 3 rings (SSSR count). The van der Waals surface area contributed by atoms with Crippen molar-refractivity contribution in [2.45, 2.75) is 25.3 Å². The lowest BCUT2D eigenvalue weighted by molar-refractivity contribution is -0.148. The quantitative estimate of drug-likeness (QED) is 0.759. The number of carboxylic acid groups (broad SMARTS) is 1. The van der Waals surface area contributed by atoms with Crippen molar-refractivity contribution in [1.82, 2.24) is 20.0 Å². The van der Waals surface area contributed by atoms with Gasteiger partial charge in [-0.25, -0.2) is 4.79 Å². The number of amides is 2. The number of aliphatic carboxylic acids is 1. The summed E-state index contributed by atoms with van der Waals surface area (Å²) in [6, 6.07) is -0.713. The van der Waals surface area contributed by atoms with Gasteiger partial charge in [-0.05, 0) is 19.4 Å². The number of hydrogen-bond acceptors (Lipinski definition) is 5. The third kappa shape index (κ3) is 2.40. The van der Waals surface area contributed by atoms with E-state index in [1.807, 2.05) is 0 Å². The second-order valence-electron chi connectivity index (χ2n) is 5.60. The maximum atomic E-state index is 12.3. The van der Waals surface area contributed by atoms with E-state index < -0.39 is 17.9 Å². The van der Waals surface area contributed by atoms with Gasteiger partial charge in [-0.3, -0.25) is 19.2 Å². The van der Waals surface area contributed by atoms with E-state index in [9.17, 15) is 19.5 Å². The number of hydrogen-bond donors (Lipinski definition) is 2. The SMILES string of the molecule is CC1=C(C(=O)O)N2C(=O)[C@@H](NC(=O)c3cn(C)nc3C)[C@H]2SC1. The van der Waals surface area contributed by atoms with Crippen molar-refractivity contribution in [3.8, 4) is 0 Å². The van der Waals surface area contributed by atoms with Crippen LogP contribution in [0.15, 0.2) is 17.5 Å². The summed E-state index contributed by atoms with van der Waals surface area (Å²) < 4.78 is 1.53. The molecular formula is C14H16N4O4S. The van der Waals surface area contributed by atoms with E-state index in [1.165, 1.54) is 21.3 Å². The Morgan fingerprint density at radius 1 is 1.43 bits per heavy atom. The number of aromatic nitrogens is 2. The maximum Gasteiger partial charge on any atom is 0.352 e. The van der Waals surface area contributed by atoms with Gasteiger partial charge < -0.3 is 10.4 Å². The van der Waals surface area contributed by atoms with E-state index in [2.05, 4.69) is 10.4 Å². The molecule has 2 atom stereocenters. The highest BCUT2D eigenvalue weighted by Gasteiger charge is 2.53. The molecule has 122 valence electrons. The first-order chi connectivity index (χ1) is 10.8. The molecule has 3 heterocycles. The fourth-order valence-corrected chi connectivity index (χ4v) is 4.11. The van der Waals surface area contributed by atoms with Gasteiger partial charge >= 0.3 is 5.97 Å². The van der Waals surface area contributed by atoms with Gasteiger partial charge in [0.05, 0.1) is 11.3 Å². The van der Waals surface area contributed by atoms with Gasteiger partial charge in [0.2, 0.25) is 0 Å². The lowest BCUT2D eigenvalue weighted by Crippen LogP contribution is -2.70. The minimum Gasteiger partial charge on any atom is -0.477 e. The Labute approximate surface area is 136 Å². The summed E-state index contributed by atoms with van der Waals surface area (Å²) in [5.74, 6) is -1.37. The summed E-state index contributed by atoms with van der Waals surface area (Å²) in [5, 5.41) is 15.7. The van der Waals surface area contributed by atoms with Crippen LogP contribution in [0.4, 0.5) is 0 Å². The Balaban J connectivity index is 1.78. The average molecular weight is 336 g/mol. The van der Waals surface area contributed by atoms with Crippen molar-refractivity contribution in [2.24, 2.45) is 7.05 Å². The molecule has 0 bridgehead atoms. The number of carbonyl (C=O) groups excluding carboxylic acids is 2. The van der Waals surface area contributed by atoms with E-state index in [1.54, 1.807) is 27.1 Å². The Bertz CT molecular complexity index is 754. The normalized spacial score (nSPS) is 23.4. The van der Waals surface area contributed by atoms with Crippen LogP contribution in [0.25, 0.3) is 0 Å². The molecule has 0 spiro atoms. The first-order valence-corrected chi connectivity index (χ1v) is 8.05. The molecule has 2 amide bonds. The summed E-state index contributed by atoms with van der Waals surface area (Å²) in [5.41, 5.74) is 1.67. The van der Waals surface area contributed by atoms with Crippen molar-refractivity contribution in [2.75, 3.05) is 5.75 Å². The standard InChI is InChI=1S/C14H16N4O4S/c1-6-5-23-13-9(12(20)18(13)10(6)14(21)22)15-11(19)8-4-17(3)16-7(8)2/h4,9,13H,5H2,1-3H3,(H,15,19)(H,21,22)/t9-,13-/m1/s1. The van der Waals surface area contributed by atoms with Crippen molar-refractivity contribution >= 4 is 29.5 Å². The second-order valence-corrected chi connectivity index (χ2v) is 6.70. The maximum absolute atomic E-state index is 12.3. The third-order valence-electron chi connectivity index (χ3n) is 3.91. The molecule has 0 saturated carbocycles. The molecule has 0 unspecified atom stereocenters. The smallest absolute Gasteiger partial charge is 0.352 e. The van der Waals surface area contributed by atoms with Gasteiger partial charge in [-0.15, -0.1) is 11.8 Å². The molecule has 0 aliphatic carbocycles. The Morgan fingerprint density at radius 3 is 2.70 bits per heavy atom. The lowest BCUT2D eigenvalue weighted by atomic mass is 10.0. The van der Waals surface area contributed by atoms with E-state index in [0.29, 0.717) is 22.6 Å². The number of nitrogens with zero attached hydrogens (tertiary/aromatic N) is 3. The molecule has 2 N–H and O–H groups in total. The summed E-state index contributed by atoms with van der Waals surface area (Å²) in [4.78, 5) is 37.2. The number of carboxylic acids is 1. The molecule has 0 radical (unpaired) electrons. The molecule has 1 fully saturated rings. The van der Waals surface area contributed by atoms with Crippen LogP contribution in [0.3, 0.4) is 0 Å².